The number of aliphatic carboxylic acids is 1. The first kappa shape index (κ1) is 21.8. The van der Waals surface area contributed by atoms with E-state index in [0.717, 1.165) is 40.2 Å². The van der Waals surface area contributed by atoms with Crippen molar-refractivity contribution in [1.29, 1.82) is 0 Å². The number of ether oxygens (including phenoxy) is 2. The van der Waals surface area contributed by atoms with Crippen LogP contribution in [0.2, 0.25) is 5.02 Å². The van der Waals surface area contributed by atoms with Gasteiger partial charge in [0.2, 0.25) is 0 Å². The summed E-state index contributed by atoms with van der Waals surface area (Å²) < 4.78 is 12.0. The SMILES string of the molecule is CC#CC(CC(=O)O)c1ccc(OCc2ccc3c(c2)C[C@@H](c2ccc(Cl)cc2)O3)cc1. The van der Waals surface area contributed by atoms with E-state index in [1.165, 1.54) is 0 Å². The zero-order valence-electron chi connectivity index (χ0n) is 17.7. The number of rotatable bonds is 7. The Morgan fingerprint density at radius 3 is 2.59 bits per heavy atom. The van der Waals surface area contributed by atoms with Gasteiger partial charge in [0.05, 0.1) is 12.3 Å². The molecule has 3 aromatic carbocycles. The van der Waals surface area contributed by atoms with Gasteiger partial charge in [-0.15, -0.1) is 5.92 Å². The van der Waals surface area contributed by atoms with E-state index < -0.39 is 5.97 Å². The molecule has 5 heteroatoms. The molecule has 1 aliphatic rings. The van der Waals surface area contributed by atoms with Crippen LogP contribution in [0.3, 0.4) is 0 Å². The van der Waals surface area contributed by atoms with Gasteiger partial charge in [0.15, 0.2) is 0 Å². The summed E-state index contributed by atoms with van der Waals surface area (Å²) in [5, 5.41) is 9.80. The highest BCUT2D eigenvalue weighted by Crippen LogP contribution is 2.37. The van der Waals surface area contributed by atoms with Crippen LogP contribution in [-0.2, 0) is 17.8 Å². The lowest BCUT2D eigenvalue weighted by atomic mass is 9.96. The highest BCUT2D eigenvalue weighted by atomic mass is 35.5. The molecule has 0 aromatic heterocycles. The van der Waals surface area contributed by atoms with Gasteiger partial charge in [-0.2, -0.15) is 0 Å². The Morgan fingerprint density at radius 1 is 1.16 bits per heavy atom. The van der Waals surface area contributed by atoms with E-state index in [1.807, 2.05) is 60.7 Å². The fourth-order valence-corrected chi connectivity index (χ4v) is 3.95. The fourth-order valence-electron chi connectivity index (χ4n) is 3.82. The quantitative estimate of drug-likeness (QED) is 0.440. The van der Waals surface area contributed by atoms with Gasteiger partial charge in [-0.3, -0.25) is 4.79 Å². The number of halogens is 1. The third-order valence-corrected chi connectivity index (χ3v) is 5.68. The number of fused-ring (bicyclic) bond motifs is 1. The first-order chi connectivity index (χ1) is 15.5. The molecule has 0 spiro atoms. The lowest BCUT2D eigenvalue weighted by molar-refractivity contribution is -0.137. The Kier molecular flexibility index (Phi) is 6.68. The molecule has 4 rings (SSSR count). The van der Waals surface area contributed by atoms with Crippen molar-refractivity contribution in [3.63, 3.8) is 0 Å². The third kappa shape index (κ3) is 5.25. The van der Waals surface area contributed by atoms with Gasteiger partial charge in [0, 0.05) is 11.4 Å². The second-order valence-corrected chi connectivity index (χ2v) is 8.14. The number of carboxylic acids is 1. The minimum absolute atomic E-state index is 0.00375. The highest BCUT2D eigenvalue weighted by Gasteiger charge is 2.24. The van der Waals surface area contributed by atoms with Gasteiger partial charge in [0.1, 0.15) is 24.2 Å². The second kappa shape index (κ2) is 9.80. The lowest BCUT2D eigenvalue weighted by Gasteiger charge is -2.11. The normalized spacial score (nSPS) is 15.1. The van der Waals surface area contributed by atoms with E-state index in [9.17, 15) is 4.79 Å². The molecule has 1 unspecified atom stereocenters. The molecule has 1 aliphatic heterocycles. The largest absolute Gasteiger partial charge is 0.489 e. The predicted octanol–water partition coefficient (Wildman–Crippen LogP) is 6.18. The zero-order valence-corrected chi connectivity index (χ0v) is 18.4. The van der Waals surface area contributed by atoms with Crippen molar-refractivity contribution in [2.45, 2.75) is 38.4 Å². The van der Waals surface area contributed by atoms with E-state index >= 15 is 0 Å². The Hall–Kier alpha value is -3.42. The minimum atomic E-state index is -0.864. The molecule has 1 N–H and O–H groups in total. The third-order valence-electron chi connectivity index (χ3n) is 5.43. The van der Waals surface area contributed by atoms with Crippen molar-refractivity contribution in [2.24, 2.45) is 0 Å². The molecule has 0 amide bonds. The summed E-state index contributed by atoms with van der Waals surface area (Å²) in [6.45, 7) is 2.15. The van der Waals surface area contributed by atoms with E-state index in [1.54, 1.807) is 6.92 Å². The first-order valence-electron chi connectivity index (χ1n) is 10.4. The van der Waals surface area contributed by atoms with Crippen LogP contribution in [0.1, 0.15) is 47.6 Å². The predicted molar refractivity (Wildman–Crippen MR) is 124 cm³/mol. The van der Waals surface area contributed by atoms with Crippen LogP contribution < -0.4 is 9.47 Å². The molecule has 4 nitrogen and oxygen atoms in total. The average Bonchev–Trinajstić information content (AvgIpc) is 3.21. The van der Waals surface area contributed by atoms with E-state index in [2.05, 4.69) is 17.9 Å². The maximum Gasteiger partial charge on any atom is 0.304 e. The highest BCUT2D eigenvalue weighted by molar-refractivity contribution is 6.30. The topological polar surface area (TPSA) is 55.8 Å². The summed E-state index contributed by atoms with van der Waals surface area (Å²) in [6, 6.07) is 21.4. The van der Waals surface area contributed by atoms with Crippen LogP contribution in [0.5, 0.6) is 11.5 Å². The van der Waals surface area contributed by atoms with Gasteiger partial charge in [-0.05, 0) is 65.6 Å². The molecule has 162 valence electrons. The molecule has 0 fully saturated rings. The molecule has 0 saturated carbocycles. The molecule has 0 radical (unpaired) electrons. The monoisotopic (exact) mass is 446 g/mol. The summed E-state index contributed by atoms with van der Waals surface area (Å²) in [7, 11) is 0. The van der Waals surface area contributed by atoms with Gasteiger partial charge < -0.3 is 14.6 Å². The van der Waals surface area contributed by atoms with E-state index in [4.69, 9.17) is 26.2 Å². The van der Waals surface area contributed by atoms with Gasteiger partial charge in [-0.25, -0.2) is 0 Å². The van der Waals surface area contributed by atoms with Crippen molar-refractivity contribution in [3.05, 3.63) is 94.0 Å². The zero-order chi connectivity index (χ0) is 22.5. The molecule has 2 atom stereocenters. The van der Waals surface area contributed by atoms with Crippen molar-refractivity contribution >= 4 is 17.6 Å². The second-order valence-electron chi connectivity index (χ2n) is 7.71. The van der Waals surface area contributed by atoms with Crippen molar-refractivity contribution in [3.8, 4) is 23.3 Å². The molecule has 0 aliphatic carbocycles. The van der Waals surface area contributed by atoms with Crippen molar-refractivity contribution in [1.82, 2.24) is 0 Å². The standard InChI is InChI=1S/C27H23ClO4/c1-2-3-21(16-27(29)30)19-7-11-24(12-8-19)31-17-18-4-13-25-22(14-18)15-26(32-25)20-5-9-23(28)10-6-20/h4-14,21,26H,15-17H2,1H3,(H,29,30)/t21?,26-/m0/s1. The summed E-state index contributed by atoms with van der Waals surface area (Å²) in [5.41, 5.74) is 4.21. The summed E-state index contributed by atoms with van der Waals surface area (Å²) in [5.74, 6) is 6.21. The number of benzene rings is 3. The summed E-state index contributed by atoms with van der Waals surface area (Å²) in [4.78, 5) is 11.1. The Balaban J connectivity index is 1.38. The number of hydrogen-bond acceptors (Lipinski definition) is 3. The minimum Gasteiger partial charge on any atom is -0.489 e. The van der Waals surface area contributed by atoms with Crippen LogP contribution >= 0.6 is 11.6 Å². The van der Waals surface area contributed by atoms with Gasteiger partial charge in [0.25, 0.3) is 0 Å². The molecule has 1 heterocycles. The van der Waals surface area contributed by atoms with E-state index in [0.29, 0.717) is 11.6 Å². The first-order valence-corrected chi connectivity index (χ1v) is 10.8. The maximum atomic E-state index is 11.1. The number of hydrogen-bond donors (Lipinski definition) is 1. The number of carbonyl (C=O) groups is 1. The van der Waals surface area contributed by atoms with E-state index in [-0.39, 0.29) is 18.4 Å². The van der Waals surface area contributed by atoms with Crippen LogP contribution in [0.4, 0.5) is 0 Å². The Bertz CT molecular complexity index is 1160. The van der Waals surface area contributed by atoms with Gasteiger partial charge in [-0.1, -0.05) is 47.9 Å². The molecular formula is C27H23ClO4. The molecular weight excluding hydrogens is 424 g/mol. The number of carboxylic acid groups (broad SMARTS) is 1. The molecule has 0 bridgehead atoms. The van der Waals surface area contributed by atoms with Crippen molar-refractivity contribution in [2.75, 3.05) is 0 Å². The Morgan fingerprint density at radius 2 is 1.91 bits per heavy atom. The molecule has 3 aromatic rings. The summed E-state index contributed by atoms with van der Waals surface area (Å²) in [6.07, 6.45) is 0.786. The maximum absolute atomic E-state index is 11.1. The van der Waals surface area contributed by atoms with Crippen LogP contribution in [0, 0.1) is 11.8 Å². The van der Waals surface area contributed by atoms with Crippen LogP contribution in [-0.4, -0.2) is 11.1 Å². The lowest BCUT2D eigenvalue weighted by Crippen LogP contribution is -2.04. The van der Waals surface area contributed by atoms with Crippen LogP contribution in [0.15, 0.2) is 66.7 Å². The van der Waals surface area contributed by atoms with Gasteiger partial charge >= 0.3 is 5.97 Å². The summed E-state index contributed by atoms with van der Waals surface area (Å²) >= 11 is 5.99. The molecule has 32 heavy (non-hydrogen) atoms. The smallest absolute Gasteiger partial charge is 0.304 e. The van der Waals surface area contributed by atoms with Crippen LogP contribution in [0.25, 0.3) is 0 Å². The molecule has 0 saturated heterocycles. The fraction of sp³-hybridized carbons (Fsp3) is 0.222. The Labute approximate surface area is 192 Å². The van der Waals surface area contributed by atoms with Crippen molar-refractivity contribution < 1.29 is 19.4 Å². The average molecular weight is 447 g/mol.